The molecule has 3 heterocycles. The number of hydrogen-bond donors (Lipinski definition) is 3. The van der Waals surface area contributed by atoms with E-state index in [0.29, 0.717) is 17.3 Å². The molecule has 1 unspecified atom stereocenters. The Morgan fingerprint density at radius 1 is 1.16 bits per heavy atom. The number of rotatable bonds is 6. The van der Waals surface area contributed by atoms with Gasteiger partial charge in [-0.05, 0) is 35.7 Å². The molecule has 3 rings (SSSR count). The summed E-state index contributed by atoms with van der Waals surface area (Å²) in [5.74, 6) is -0.148. The Kier molecular flexibility index (Phi) is 5.32. The fourth-order valence-electron chi connectivity index (χ4n) is 2.12. The maximum Gasteiger partial charge on any atom is 0.309 e. The standard InChI is InChI=1S/C17H16N2O5S/c20-13(15-4-3-14(24-15)11-5-7-25-10-11)9-19-17(22)16(21)18-8-12-2-1-6-23-12/h1-7,10,13,20H,8-9H2,(H,18,21)(H,19,22). The summed E-state index contributed by atoms with van der Waals surface area (Å²) in [6.07, 6.45) is 0.431. The van der Waals surface area contributed by atoms with Crippen LogP contribution >= 0.6 is 11.3 Å². The van der Waals surface area contributed by atoms with Crippen molar-refractivity contribution in [2.24, 2.45) is 0 Å². The number of amides is 2. The Balaban J connectivity index is 1.47. The van der Waals surface area contributed by atoms with Crippen LogP contribution in [0.3, 0.4) is 0 Å². The van der Waals surface area contributed by atoms with E-state index in [1.807, 2.05) is 16.8 Å². The van der Waals surface area contributed by atoms with Gasteiger partial charge in [0.05, 0.1) is 19.4 Å². The van der Waals surface area contributed by atoms with Crippen LogP contribution in [0, 0.1) is 0 Å². The largest absolute Gasteiger partial charge is 0.467 e. The molecule has 2 amide bonds. The molecule has 3 aromatic rings. The lowest BCUT2D eigenvalue weighted by molar-refractivity contribution is -0.139. The third kappa shape index (κ3) is 4.37. The Morgan fingerprint density at radius 3 is 2.72 bits per heavy atom. The summed E-state index contributed by atoms with van der Waals surface area (Å²) in [6.45, 7) is -0.0203. The minimum absolute atomic E-state index is 0.115. The molecule has 7 nitrogen and oxygen atoms in total. The maximum atomic E-state index is 11.7. The normalized spacial score (nSPS) is 11.9. The minimum Gasteiger partial charge on any atom is -0.467 e. The number of carbonyl (C=O) groups excluding carboxylic acids is 2. The minimum atomic E-state index is -1.05. The SMILES string of the molecule is O=C(NCc1ccco1)C(=O)NCC(O)c1ccc(-c2ccsc2)o1. The molecule has 0 saturated heterocycles. The zero-order valence-corrected chi connectivity index (χ0v) is 13.9. The first-order valence-electron chi connectivity index (χ1n) is 7.52. The molecule has 8 heteroatoms. The molecule has 0 radical (unpaired) electrons. The molecule has 3 aromatic heterocycles. The van der Waals surface area contributed by atoms with E-state index in [-0.39, 0.29) is 13.1 Å². The van der Waals surface area contributed by atoms with Crippen LogP contribution in [0.2, 0.25) is 0 Å². The summed E-state index contributed by atoms with van der Waals surface area (Å²) in [6, 6.07) is 8.67. The molecule has 0 aromatic carbocycles. The molecule has 1 atom stereocenters. The predicted octanol–water partition coefficient (Wildman–Crippen LogP) is 2.07. The molecule has 0 spiro atoms. The molecular formula is C17H16N2O5S. The van der Waals surface area contributed by atoms with E-state index in [4.69, 9.17) is 8.83 Å². The number of furan rings is 2. The van der Waals surface area contributed by atoms with Crippen molar-refractivity contribution in [2.45, 2.75) is 12.6 Å². The van der Waals surface area contributed by atoms with E-state index < -0.39 is 17.9 Å². The number of nitrogens with one attached hydrogen (secondary N) is 2. The number of hydrogen-bond acceptors (Lipinski definition) is 6. The predicted molar refractivity (Wildman–Crippen MR) is 90.5 cm³/mol. The van der Waals surface area contributed by atoms with Crippen LogP contribution in [0.1, 0.15) is 17.6 Å². The van der Waals surface area contributed by atoms with Crippen molar-refractivity contribution in [1.82, 2.24) is 10.6 Å². The van der Waals surface area contributed by atoms with Crippen molar-refractivity contribution in [2.75, 3.05) is 6.54 Å². The molecule has 130 valence electrons. The number of aliphatic hydroxyl groups excluding tert-OH is 1. The average Bonchev–Trinajstić information content (AvgIpc) is 3.37. The third-order valence-electron chi connectivity index (χ3n) is 3.43. The zero-order valence-electron chi connectivity index (χ0n) is 13.1. The van der Waals surface area contributed by atoms with Gasteiger partial charge in [-0.1, -0.05) is 0 Å². The molecule has 0 aliphatic carbocycles. The summed E-state index contributed by atoms with van der Waals surface area (Å²) < 4.78 is 10.6. The first-order valence-corrected chi connectivity index (χ1v) is 8.46. The van der Waals surface area contributed by atoms with E-state index in [9.17, 15) is 14.7 Å². The van der Waals surface area contributed by atoms with Gasteiger partial charge in [-0.2, -0.15) is 11.3 Å². The first-order chi connectivity index (χ1) is 12.1. The zero-order chi connectivity index (χ0) is 17.6. The first kappa shape index (κ1) is 17.0. The molecule has 0 aliphatic rings. The Hall–Kier alpha value is -2.84. The molecule has 0 fully saturated rings. The molecular weight excluding hydrogens is 344 g/mol. The van der Waals surface area contributed by atoms with E-state index in [2.05, 4.69) is 10.6 Å². The average molecular weight is 360 g/mol. The Bertz CT molecular complexity index is 823. The highest BCUT2D eigenvalue weighted by atomic mass is 32.1. The van der Waals surface area contributed by atoms with Gasteiger partial charge in [0, 0.05) is 10.9 Å². The fraction of sp³-hybridized carbons (Fsp3) is 0.176. The highest BCUT2D eigenvalue weighted by Gasteiger charge is 2.18. The molecule has 3 N–H and O–H groups in total. The molecule has 25 heavy (non-hydrogen) atoms. The highest BCUT2D eigenvalue weighted by molar-refractivity contribution is 7.08. The topological polar surface area (TPSA) is 105 Å². The fourth-order valence-corrected chi connectivity index (χ4v) is 2.77. The van der Waals surface area contributed by atoms with Gasteiger partial charge in [0.1, 0.15) is 23.4 Å². The second-order valence-corrected chi connectivity index (χ2v) is 5.98. The number of carbonyl (C=O) groups is 2. The van der Waals surface area contributed by atoms with Gasteiger partial charge < -0.3 is 24.6 Å². The molecule has 0 aliphatic heterocycles. The van der Waals surface area contributed by atoms with E-state index in [1.165, 1.54) is 6.26 Å². The quantitative estimate of drug-likeness (QED) is 0.584. The van der Waals surface area contributed by atoms with Gasteiger partial charge in [0.25, 0.3) is 0 Å². The maximum absolute atomic E-state index is 11.7. The van der Waals surface area contributed by atoms with Crippen molar-refractivity contribution in [3.63, 3.8) is 0 Å². The van der Waals surface area contributed by atoms with Crippen molar-refractivity contribution in [3.05, 3.63) is 58.9 Å². The molecule has 0 bridgehead atoms. The van der Waals surface area contributed by atoms with Crippen LogP contribution in [0.15, 0.2) is 56.2 Å². The van der Waals surface area contributed by atoms with Crippen molar-refractivity contribution in [3.8, 4) is 11.3 Å². The summed E-state index contributed by atoms with van der Waals surface area (Å²) in [5.41, 5.74) is 0.921. The van der Waals surface area contributed by atoms with Crippen LogP contribution in [0.4, 0.5) is 0 Å². The van der Waals surface area contributed by atoms with Gasteiger partial charge in [-0.25, -0.2) is 0 Å². The van der Waals surface area contributed by atoms with Crippen molar-refractivity contribution >= 4 is 23.2 Å². The van der Waals surface area contributed by atoms with Gasteiger partial charge in [0.15, 0.2) is 0 Å². The second kappa shape index (κ2) is 7.82. The van der Waals surface area contributed by atoms with Gasteiger partial charge in [-0.3, -0.25) is 9.59 Å². The smallest absolute Gasteiger partial charge is 0.309 e. The summed E-state index contributed by atoms with van der Waals surface area (Å²) in [5, 5.41) is 18.7. The lowest BCUT2D eigenvalue weighted by Crippen LogP contribution is -2.41. The van der Waals surface area contributed by atoms with Gasteiger partial charge in [0.2, 0.25) is 0 Å². The van der Waals surface area contributed by atoms with Crippen LogP contribution in [-0.2, 0) is 16.1 Å². The van der Waals surface area contributed by atoms with Crippen LogP contribution < -0.4 is 10.6 Å². The lowest BCUT2D eigenvalue weighted by atomic mass is 10.2. The van der Waals surface area contributed by atoms with Crippen molar-refractivity contribution in [1.29, 1.82) is 0 Å². The van der Waals surface area contributed by atoms with E-state index in [0.717, 1.165) is 5.56 Å². The molecule has 0 saturated carbocycles. The summed E-state index contributed by atoms with van der Waals surface area (Å²) >= 11 is 1.54. The van der Waals surface area contributed by atoms with Crippen LogP contribution in [-0.4, -0.2) is 23.5 Å². The monoisotopic (exact) mass is 360 g/mol. The highest BCUT2D eigenvalue weighted by Crippen LogP contribution is 2.26. The van der Waals surface area contributed by atoms with E-state index >= 15 is 0 Å². The Labute approximate surface area is 147 Å². The third-order valence-corrected chi connectivity index (χ3v) is 4.11. The second-order valence-electron chi connectivity index (χ2n) is 5.20. The van der Waals surface area contributed by atoms with Gasteiger partial charge in [-0.15, -0.1) is 0 Å². The number of aliphatic hydroxyl groups is 1. The summed E-state index contributed by atoms with van der Waals surface area (Å²) in [4.78, 5) is 23.4. The Morgan fingerprint density at radius 2 is 2.00 bits per heavy atom. The van der Waals surface area contributed by atoms with Crippen LogP contribution in [0.5, 0.6) is 0 Å². The van der Waals surface area contributed by atoms with Crippen LogP contribution in [0.25, 0.3) is 11.3 Å². The van der Waals surface area contributed by atoms with Gasteiger partial charge >= 0.3 is 11.8 Å². The lowest BCUT2D eigenvalue weighted by Gasteiger charge is -2.09. The van der Waals surface area contributed by atoms with Crippen molar-refractivity contribution < 1.29 is 23.5 Å². The number of thiophene rings is 1. The summed E-state index contributed by atoms with van der Waals surface area (Å²) in [7, 11) is 0. The van der Waals surface area contributed by atoms with E-state index in [1.54, 1.807) is 35.6 Å².